The molecule has 0 N–H and O–H groups in total. The Labute approximate surface area is 255 Å². The van der Waals surface area contributed by atoms with Crippen molar-refractivity contribution in [2.75, 3.05) is 10.7 Å². The molecule has 1 saturated heterocycles. The molecule has 13 heteroatoms. The number of nitrogens with zero attached hydrogens (tertiary/aromatic N) is 5. The van der Waals surface area contributed by atoms with Gasteiger partial charge in [-0.3, -0.25) is 14.5 Å². The molecule has 1 aliphatic rings. The summed E-state index contributed by atoms with van der Waals surface area (Å²) < 4.78 is 57.4. The molecule has 0 bridgehead atoms. The fourth-order valence-corrected chi connectivity index (χ4v) is 5.43. The van der Waals surface area contributed by atoms with Gasteiger partial charge < -0.3 is 4.74 Å². The van der Waals surface area contributed by atoms with Crippen LogP contribution in [0.5, 0.6) is 5.75 Å². The van der Waals surface area contributed by atoms with Gasteiger partial charge in [-0.1, -0.05) is 61.7 Å². The lowest BCUT2D eigenvalue weighted by atomic mass is 10.0. The van der Waals surface area contributed by atoms with Crippen LogP contribution in [0.4, 0.5) is 23.2 Å². The van der Waals surface area contributed by atoms with Crippen molar-refractivity contribution in [1.82, 2.24) is 14.8 Å². The number of benzene rings is 3. The molecule has 4 aromatic rings. The van der Waals surface area contributed by atoms with E-state index < -0.39 is 18.4 Å². The standard InChI is InChI=1S/C30H25F4N5O3S.CH4/c1-18-4-3-5-19(2)27(18)39-26(41)16-43-29(39)36-25(40)15-14-24(31)20-6-8-21(9-7-20)28-35-17-38(37-28)22-10-12-23(13-11-22)42-30(32,33)34;/h3-13,17,24H,14-16H2,1-2H3;1H4. The van der Waals surface area contributed by atoms with Crippen molar-refractivity contribution in [3.05, 3.63) is 89.7 Å². The van der Waals surface area contributed by atoms with E-state index in [1.807, 2.05) is 32.0 Å². The number of ether oxygens (including phenoxy) is 1. The van der Waals surface area contributed by atoms with Crippen LogP contribution < -0.4 is 9.64 Å². The number of carbonyl (C=O) groups excluding carboxylic acids is 2. The summed E-state index contributed by atoms with van der Waals surface area (Å²) >= 11 is 1.18. The molecule has 1 aromatic heterocycles. The molecule has 0 saturated carbocycles. The predicted octanol–water partition coefficient (Wildman–Crippen LogP) is 7.54. The lowest BCUT2D eigenvalue weighted by Gasteiger charge is -2.20. The van der Waals surface area contributed by atoms with Crippen molar-refractivity contribution in [3.8, 4) is 22.8 Å². The highest BCUT2D eigenvalue weighted by atomic mass is 32.2. The number of para-hydroxylation sites is 1. The van der Waals surface area contributed by atoms with E-state index in [9.17, 15) is 22.8 Å². The SMILES string of the molecule is C.Cc1cccc(C)c1N1C(=O)CSC1=NC(=O)CCC(F)c1ccc(-c2ncn(-c3ccc(OC(F)(F)F)cc3)n2)cc1. The lowest BCUT2D eigenvalue weighted by molar-refractivity contribution is -0.274. The quantitative estimate of drug-likeness (QED) is 0.188. The molecule has 3 aromatic carbocycles. The van der Waals surface area contributed by atoms with Crippen molar-refractivity contribution < 1.29 is 31.9 Å². The Hall–Kier alpha value is -4.52. The van der Waals surface area contributed by atoms with Gasteiger partial charge in [-0.25, -0.2) is 14.1 Å². The molecule has 0 radical (unpaired) electrons. The predicted molar refractivity (Wildman–Crippen MR) is 162 cm³/mol. The molecule has 0 aliphatic carbocycles. The highest BCUT2D eigenvalue weighted by Crippen LogP contribution is 2.33. The average molecular weight is 628 g/mol. The fourth-order valence-electron chi connectivity index (χ4n) is 4.56. The van der Waals surface area contributed by atoms with Crippen molar-refractivity contribution in [1.29, 1.82) is 0 Å². The number of aliphatic imine (C=N–C) groups is 1. The van der Waals surface area contributed by atoms with Crippen LogP contribution >= 0.6 is 11.8 Å². The smallest absolute Gasteiger partial charge is 0.406 e. The Morgan fingerprint density at radius 1 is 1.05 bits per heavy atom. The van der Waals surface area contributed by atoms with Crippen LogP contribution in [0.2, 0.25) is 0 Å². The zero-order valence-electron chi connectivity index (χ0n) is 23.0. The van der Waals surface area contributed by atoms with Gasteiger partial charge in [-0.05, 0) is 61.2 Å². The van der Waals surface area contributed by atoms with Crippen LogP contribution in [-0.2, 0) is 9.59 Å². The molecule has 1 aliphatic heterocycles. The minimum absolute atomic E-state index is 0. The normalized spacial score (nSPS) is 14.9. The second-order valence-electron chi connectivity index (χ2n) is 9.73. The third kappa shape index (κ3) is 7.51. The third-order valence-corrected chi connectivity index (χ3v) is 7.54. The van der Waals surface area contributed by atoms with E-state index >= 15 is 4.39 Å². The number of rotatable bonds is 8. The Morgan fingerprint density at radius 2 is 1.70 bits per heavy atom. The minimum Gasteiger partial charge on any atom is -0.406 e. The summed E-state index contributed by atoms with van der Waals surface area (Å²) in [6, 6.07) is 17.3. The number of alkyl halides is 4. The number of aryl methyl sites for hydroxylation is 2. The molecule has 1 atom stereocenters. The number of carbonyl (C=O) groups is 2. The summed E-state index contributed by atoms with van der Waals surface area (Å²) in [6.07, 6.45) is -5.02. The summed E-state index contributed by atoms with van der Waals surface area (Å²) in [7, 11) is 0. The summed E-state index contributed by atoms with van der Waals surface area (Å²) in [4.78, 5) is 35.1. The Balaban J connectivity index is 0.00000442. The van der Waals surface area contributed by atoms with Gasteiger partial charge in [0.25, 0.3) is 0 Å². The van der Waals surface area contributed by atoms with E-state index in [4.69, 9.17) is 0 Å². The third-order valence-electron chi connectivity index (χ3n) is 6.62. The highest BCUT2D eigenvalue weighted by molar-refractivity contribution is 8.15. The largest absolute Gasteiger partial charge is 0.573 e. The van der Waals surface area contributed by atoms with Gasteiger partial charge in [0.2, 0.25) is 11.8 Å². The van der Waals surface area contributed by atoms with Crippen LogP contribution in [0.25, 0.3) is 17.1 Å². The first kappa shape index (κ1) is 32.4. The van der Waals surface area contributed by atoms with E-state index in [1.165, 1.54) is 51.9 Å². The first-order valence-electron chi connectivity index (χ1n) is 13.1. The topological polar surface area (TPSA) is 89.7 Å². The second-order valence-corrected chi connectivity index (χ2v) is 10.7. The van der Waals surface area contributed by atoms with Crippen LogP contribution in [0, 0.1) is 13.8 Å². The number of anilines is 1. The summed E-state index contributed by atoms with van der Waals surface area (Å²) in [6.45, 7) is 3.77. The number of thioether (sulfide) groups is 1. The summed E-state index contributed by atoms with van der Waals surface area (Å²) in [5.74, 6) is -0.519. The average Bonchev–Trinajstić information content (AvgIpc) is 3.59. The summed E-state index contributed by atoms with van der Waals surface area (Å²) in [5, 5.41) is 4.64. The molecule has 5 rings (SSSR count). The van der Waals surface area contributed by atoms with Crippen LogP contribution in [0.3, 0.4) is 0 Å². The van der Waals surface area contributed by atoms with Crippen LogP contribution in [-0.4, -0.2) is 43.9 Å². The first-order valence-corrected chi connectivity index (χ1v) is 14.1. The second kappa shape index (κ2) is 13.4. The molecule has 1 fully saturated rings. The monoisotopic (exact) mass is 627 g/mol. The number of hydrogen-bond acceptors (Lipinski definition) is 6. The molecule has 44 heavy (non-hydrogen) atoms. The number of amides is 2. The number of aromatic nitrogens is 3. The summed E-state index contributed by atoms with van der Waals surface area (Å²) in [5.41, 5.74) is 3.92. The van der Waals surface area contributed by atoms with Crippen molar-refractivity contribution >= 4 is 34.4 Å². The van der Waals surface area contributed by atoms with Gasteiger partial charge in [0, 0.05) is 12.0 Å². The van der Waals surface area contributed by atoms with Gasteiger partial charge in [0.1, 0.15) is 18.2 Å². The maximum atomic E-state index is 15.0. The molecule has 2 amide bonds. The molecule has 8 nitrogen and oxygen atoms in total. The number of hydrogen-bond donors (Lipinski definition) is 0. The van der Waals surface area contributed by atoms with Crippen LogP contribution in [0.1, 0.15) is 43.1 Å². The molecule has 0 spiro atoms. The Kier molecular flexibility index (Phi) is 9.88. The molecule has 230 valence electrons. The van der Waals surface area contributed by atoms with E-state index in [0.717, 1.165) is 11.1 Å². The van der Waals surface area contributed by atoms with Crippen molar-refractivity contribution in [2.45, 2.75) is 46.6 Å². The molecule has 1 unspecified atom stereocenters. The number of amidine groups is 1. The van der Waals surface area contributed by atoms with Gasteiger partial charge in [0.05, 0.1) is 17.1 Å². The van der Waals surface area contributed by atoms with Crippen LogP contribution in [0.15, 0.2) is 78.0 Å². The maximum absolute atomic E-state index is 15.0. The Morgan fingerprint density at radius 3 is 2.34 bits per heavy atom. The van der Waals surface area contributed by atoms with E-state index in [0.29, 0.717) is 33.5 Å². The van der Waals surface area contributed by atoms with E-state index in [-0.39, 0.29) is 37.7 Å². The molecule has 2 heterocycles. The highest BCUT2D eigenvalue weighted by Gasteiger charge is 2.32. The van der Waals surface area contributed by atoms with Crippen molar-refractivity contribution in [3.63, 3.8) is 0 Å². The fraction of sp³-hybridized carbons (Fsp3) is 0.258. The molecular weight excluding hydrogens is 598 g/mol. The van der Waals surface area contributed by atoms with Gasteiger partial charge >= 0.3 is 6.36 Å². The van der Waals surface area contributed by atoms with Gasteiger partial charge in [-0.2, -0.15) is 4.99 Å². The Bertz CT molecular complexity index is 1650. The van der Waals surface area contributed by atoms with E-state index in [2.05, 4.69) is 19.8 Å². The zero-order chi connectivity index (χ0) is 30.7. The molecular formula is C31H29F4N5O3S. The lowest BCUT2D eigenvalue weighted by Crippen LogP contribution is -2.31. The maximum Gasteiger partial charge on any atom is 0.573 e. The zero-order valence-corrected chi connectivity index (χ0v) is 23.8. The first-order chi connectivity index (χ1) is 20.5. The van der Waals surface area contributed by atoms with Crippen molar-refractivity contribution in [2.24, 2.45) is 4.99 Å². The number of halogens is 4. The van der Waals surface area contributed by atoms with E-state index in [1.54, 1.807) is 24.3 Å². The van der Waals surface area contributed by atoms with Gasteiger partial charge in [-0.15, -0.1) is 18.3 Å². The van der Waals surface area contributed by atoms with Gasteiger partial charge in [0.15, 0.2) is 11.0 Å². The minimum atomic E-state index is -4.78.